The Morgan fingerprint density at radius 2 is 0.889 bits per heavy atom. The van der Waals surface area contributed by atoms with Gasteiger partial charge in [0.2, 0.25) is 0 Å². The maximum atomic E-state index is 2.52. The molecule has 0 saturated heterocycles. The predicted octanol–water partition coefficient (Wildman–Crippen LogP) is 17.3. The van der Waals surface area contributed by atoms with Gasteiger partial charge in [-0.2, -0.15) is 0 Å². The van der Waals surface area contributed by atoms with Crippen LogP contribution in [0.5, 0.6) is 0 Å². The van der Waals surface area contributed by atoms with Crippen molar-refractivity contribution in [1.82, 2.24) is 4.57 Å². The normalized spacial score (nSPS) is 11.5. The molecule has 0 aliphatic heterocycles. The van der Waals surface area contributed by atoms with Gasteiger partial charge in [0.15, 0.2) is 0 Å². The molecule has 63 heavy (non-hydrogen) atoms. The molecule has 296 valence electrons. The Bertz CT molecular complexity index is 3620. The topological polar surface area (TPSA) is 8.17 Å². The number of para-hydroxylation sites is 2. The molecule has 0 unspecified atom stereocenters. The average molecular weight is 821 g/mol. The summed E-state index contributed by atoms with van der Waals surface area (Å²) in [6.07, 6.45) is 0. The standard InChI is InChI=1S/C60H40N2S/c1-4-19-41(20-5-1)47-27-10-11-30-51(47)59-48(42-21-6-2-7-22-42)31-17-34-56(59)62(57-35-18-32-52-50-29-13-15-36-58(50)63-60(52)57)46-26-16-23-43(39-46)44-37-38-55-53(40-44)49-28-12-14-33-54(49)61(55)45-24-8-3-9-25-45/h1-40H. The van der Waals surface area contributed by atoms with Crippen LogP contribution in [0.2, 0.25) is 0 Å². The average Bonchev–Trinajstić information content (AvgIpc) is 3.91. The maximum absolute atomic E-state index is 2.52. The first-order valence-electron chi connectivity index (χ1n) is 21.5. The molecule has 0 N–H and O–H groups in total. The Morgan fingerprint density at radius 1 is 0.333 bits per heavy atom. The minimum Gasteiger partial charge on any atom is -0.309 e. The van der Waals surface area contributed by atoms with Crippen LogP contribution in [0, 0.1) is 0 Å². The lowest BCUT2D eigenvalue weighted by molar-refractivity contribution is 1.18. The van der Waals surface area contributed by atoms with Crippen LogP contribution >= 0.6 is 11.3 Å². The minimum absolute atomic E-state index is 1.09. The van der Waals surface area contributed by atoms with Gasteiger partial charge in [-0.25, -0.2) is 0 Å². The van der Waals surface area contributed by atoms with Crippen molar-refractivity contribution in [2.75, 3.05) is 4.90 Å². The Hall–Kier alpha value is -7.98. The van der Waals surface area contributed by atoms with E-state index in [-0.39, 0.29) is 0 Å². The number of hydrogen-bond donors (Lipinski definition) is 0. The van der Waals surface area contributed by atoms with E-state index in [9.17, 15) is 0 Å². The molecular weight excluding hydrogens is 781 g/mol. The molecule has 0 amide bonds. The molecule has 10 aromatic carbocycles. The molecule has 0 saturated carbocycles. The van der Waals surface area contributed by atoms with Gasteiger partial charge in [-0.1, -0.05) is 182 Å². The Kier molecular flexibility index (Phi) is 9.06. The molecule has 0 spiro atoms. The maximum Gasteiger partial charge on any atom is 0.0640 e. The Morgan fingerprint density at radius 3 is 1.70 bits per heavy atom. The van der Waals surface area contributed by atoms with Gasteiger partial charge in [0.25, 0.3) is 0 Å². The number of hydrogen-bond acceptors (Lipinski definition) is 2. The molecule has 12 rings (SSSR count). The van der Waals surface area contributed by atoms with E-state index in [1.54, 1.807) is 0 Å². The molecule has 0 bridgehead atoms. The second-order valence-electron chi connectivity index (χ2n) is 16.0. The van der Waals surface area contributed by atoms with Crippen molar-refractivity contribution in [3.8, 4) is 50.2 Å². The minimum atomic E-state index is 1.09. The fourth-order valence-electron chi connectivity index (χ4n) is 9.59. The summed E-state index contributed by atoms with van der Waals surface area (Å²) >= 11 is 1.87. The molecule has 0 radical (unpaired) electrons. The fourth-order valence-corrected chi connectivity index (χ4v) is 10.8. The first-order valence-corrected chi connectivity index (χ1v) is 22.3. The van der Waals surface area contributed by atoms with Gasteiger partial charge < -0.3 is 9.47 Å². The monoisotopic (exact) mass is 820 g/mol. The summed E-state index contributed by atoms with van der Waals surface area (Å²) in [5, 5.41) is 5.02. The zero-order valence-corrected chi connectivity index (χ0v) is 35.2. The molecule has 12 aromatic rings. The highest BCUT2D eigenvalue weighted by Gasteiger charge is 2.25. The van der Waals surface area contributed by atoms with Crippen LogP contribution in [0.3, 0.4) is 0 Å². The largest absolute Gasteiger partial charge is 0.309 e. The second-order valence-corrected chi connectivity index (χ2v) is 17.1. The summed E-state index contributed by atoms with van der Waals surface area (Å²) in [4.78, 5) is 2.52. The van der Waals surface area contributed by atoms with Crippen LogP contribution < -0.4 is 4.90 Å². The summed E-state index contributed by atoms with van der Waals surface area (Å²) in [5.41, 5.74) is 16.3. The highest BCUT2D eigenvalue weighted by atomic mass is 32.1. The second kappa shape index (κ2) is 15.5. The number of thiophene rings is 1. The van der Waals surface area contributed by atoms with Crippen molar-refractivity contribution in [3.05, 3.63) is 243 Å². The number of benzene rings is 10. The van der Waals surface area contributed by atoms with Crippen molar-refractivity contribution >= 4 is 70.4 Å². The van der Waals surface area contributed by atoms with Gasteiger partial charge in [-0.05, 0) is 99.6 Å². The number of nitrogens with zero attached hydrogens (tertiary/aromatic N) is 2. The Balaban J connectivity index is 1.12. The van der Waals surface area contributed by atoms with E-state index < -0.39 is 0 Å². The summed E-state index contributed by atoms with van der Waals surface area (Å²) < 4.78 is 4.92. The smallest absolute Gasteiger partial charge is 0.0640 e. The van der Waals surface area contributed by atoms with Crippen molar-refractivity contribution in [1.29, 1.82) is 0 Å². The molecule has 0 fully saturated rings. The lowest BCUT2D eigenvalue weighted by Gasteiger charge is -2.30. The summed E-state index contributed by atoms with van der Waals surface area (Å²) in [5.74, 6) is 0. The highest BCUT2D eigenvalue weighted by Crippen LogP contribution is 2.51. The molecule has 2 aromatic heterocycles. The first kappa shape index (κ1) is 36.8. The SMILES string of the molecule is c1ccc(-c2ccccc2-c2c(-c3ccccc3)cccc2N(c2cccc(-c3ccc4c(c3)c3ccccc3n4-c3ccccc3)c2)c2cccc3c2sc2ccccc23)cc1. The summed E-state index contributed by atoms with van der Waals surface area (Å²) in [6.45, 7) is 0. The van der Waals surface area contributed by atoms with Crippen LogP contribution in [-0.4, -0.2) is 4.57 Å². The van der Waals surface area contributed by atoms with Gasteiger partial charge in [-0.3, -0.25) is 0 Å². The van der Waals surface area contributed by atoms with Gasteiger partial charge in [0, 0.05) is 43.2 Å². The van der Waals surface area contributed by atoms with E-state index in [2.05, 4.69) is 252 Å². The van der Waals surface area contributed by atoms with Crippen molar-refractivity contribution in [2.24, 2.45) is 0 Å². The van der Waals surface area contributed by atoms with E-state index >= 15 is 0 Å². The third kappa shape index (κ3) is 6.33. The number of aromatic nitrogens is 1. The van der Waals surface area contributed by atoms with E-state index in [0.29, 0.717) is 0 Å². The van der Waals surface area contributed by atoms with Gasteiger partial charge in [0.05, 0.1) is 27.1 Å². The highest BCUT2D eigenvalue weighted by molar-refractivity contribution is 7.26. The van der Waals surface area contributed by atoms with Crippen LogP contribution in [0.25, 0.3) is 92.2 Å². The predicted molar refractivity (Wildman–Crippen MR) is 270 cm³/mol. The lowest BCUT2D eigenvalue weighted by Crippen LogP contribution is -2.12. The van der Waals surface area contributed by atoms with Gasteiger partial charge in [-0.15, -0.1) is 11.3 Å². The van der Waals surface area contributed by atoms with E-state index in [1.807, 2.05) is 11.3 Å². The van der Waals surface area contributed by atoms with Crippen LogP contribution in [0.1, 0.15) is 0 Å². The lowest BCUT2D eigenvalue weighted by atomic mass is 9.87. The van der Waals surface area contributed by atoms with Crippen molar-refractivity contribution in [2.45, 2.75) is 0 Å². The quantitative estimate of drug-likeness (QED) is 0.148. The third-order valence-electron chi connectivity index (χ3n) is 12.4. The van der Waals surface area contributed by atoms with Crippen LogP contribution in [-0.2, 0) is 0 Å². The molecule has 0 aliphatic rings. The van der Waals surface area contributed by atoms with E-state index in [4.69, 9.17) is 0 Å². The molecule has 0 atom stereocenters. The zero-order valence-electron chi connectivity index (χ0n) is 34.4. The van der Waals surface area contributed by atoms with Crippen LogP contribution in [0.4, 0.5) is 17.1 Å². The van der Waals surface area contributed by atoms with Gasteiger partial charge in [0.1, 0.15) is 0 Å². The van der Waals surface area contributed by atoms with E-state index in [0.717, 1.165) is 28.3 Å². The third-order valence-corrected chi connectivity index (χ3v) is 13.6. The number of rotatable bonds is 8. The fraction of sp³-hybridized carbons (Fsp3) is 0. The molecule has 0 aliphatic carbocycles. The van der Waals surface area contributed by atoms with E-state index in [1.165, 1.54) is 80.9 Å². The van der Waals surface area contributed by atoms with Crippen LogP contribution in [0.15, 0.2) is 243 Å². The number of anilines is 3. The molecule has 3 heteroatoms. The Labute approximate surface area is 370 Å². The number of fused-ring (bicyclic) bond motifs is 6. The van der Waals surface area contributed by atoms with Crippen molar-refractivity contribution in [3.63, 3.8) is 0 Å². The van der Waals surface area contributed by atoms with Gasteiger partial charge >= 0.3 is 0 Å². The zero-order chi connectivity index (χ0) is 41.7. The molecule has 2 nitrogen and oxygen atoms in total. The van der Waals surface area contributed by atoms with Crippen molar-refractivity contribution < 1.29 is 0 Å². The first-order chi connectivity index (χ1) is 31.3. The molecular formula is C60H40N2S. The summed E-state index contributed by atoms with van der Waals surface area (Å²) in [7, 11) is 0. The summed E-state index contributed by atoms with van der Waals surface area (Å²) in [6, 6.07) is 88.5. The molecule has 2 heterocycles.